The van der Waals surface area contributed by atoms with Crippen molar-refractivity contribution in [1.82, 2.24) is 5.32 Å². The van der Waals surface area contributed by atoms with E-state index in [0.29, 0.717) is 0 Å². The Bertz CT molecular complexity index is 760. The number of ether oxygens (including phenoxy) is 1. The molecule has 4 N–H and O–H groups in total. The number of benzene rings is 2. The molecule has 6 heteroatoms. The maximum absolute atomic E-state index is 12.0. The zero-order valence-corrected chi connectivity index (χ0v) is 13.8. The van der Waals surface area contributed by atoms with Gasteiger partial charge in [-0.1, -0.05) is 48.5 Å². The van der Waals surface area contributed by atoms with Crippen molar-refractivity contribution in [2.24, 2.45) is 5.73 Å². The minimum atomic E-state index is -1.18. The van der Waals surface area contributed by atoms with Gasteiger partial charge in [0.25, 0.3) is 0 Å². The van der Waals surface area contributed by atoms with Crippen LogP contribution in [0.15, 0.2) is 48.5 Å². The monoisotopic (exact) mass is 340 g/mol. The van der Waals surface area contributed by atoms with Crippen LogP contribution < -0.4 is 11.1 Å². The van der Waals surface area contributed by atoms with Gasteiger partial charge in [0.15, 0.2) is 0 Å². The molecule has 130 valence electrons. The van der Waals surface area contributed by atoms with Gasteiger partial charge in [0.1, 0.15) is 12.6 Å². The van der Waals surface area contributed by atoms with Crippen LogP contribution in [0.4, 0.5) is 4.79 Å². The van der Waals surface area contributed by atoms with Crippen LogP contribution in [0.5, 0.6) is 0 Å². The fourth-order valence-corrected chi connectivity index (χ4v) is 3.13. The third kappa shape index (κ3) is 3.34. The van der Waals surface area contributed by atoms with Crippen LogP contribution in [-0.2, 0) is 9.53 Å². The molecule has 1 aliphatic carbocycles. The molecule has 0 bridgehead atoms. The highest BCUT2D eigenvalue weighted by molar-refractivity contribution is 5.79. The SMILES string of the molecule is CC(NC(=O)OCC1c2ccccc2-c2ccccc21)C(N)C(=O)O. The van der Waals surface area contributed by atoms with Crippen LogP contribution in [0.25, 0.3) is 11.1 Å². The van der Waals surface area contributed by atoms with E-state index in [9.17, 15) is 9.59 Å². The average molecular weight is 340 g/mol. The molecule has 0 saturated heterocycles. The number of rotatable bonds is 5. The van der Waals surface area contributed by atoms with Gasteiger partial charge in [-0.15, -0.1) is 0 Å². The molecule has 0 fully saturated rings. The summed E-state index contributed by atoms with van der Waals surface area (Å²) < 4.78 is 5.34. The highest BCUT2D eigenvalue weighted by Gasteiger charge is 2.29. The van der Waals surface area contributed by atoms with Crippen molar-refractivity contribution >= 4 is 12.1 Å². The van der Waals surface area contributed by atoms with Gasteiger partial charge in [0.2, 0.25) is 0 Å². The molecule has 2 unspecified atom stereocenters. The van der Waals surface area contributed by atoms with Crippen molar-refractivity contribution in [3.8, 4) is 11.1 Å². The molecule has 0 radical (unpaired) electrons. The molecule has 0 aliphatic heterocycles. The van der Waals surface area contributed by atoms with Gasteiger partial charge in [0, 0.05) is 5.92 Å². The van der Waals surface area contributed by atoms with Gasteiger partial charge in [0.05, 0.1) is 6.04 Å². The first kappa shape index (κ1) is 17.0. The number of hydrogen-bond donors (Lipinski definition) is 3. The lowest BCUT2D eigenvalue weighted by Gasteiger charge is -2.19. The summed E-state index contributed by atoms with van der Waals surface area (Å²) in [4.78, 5) is 22.8. The van der Waals surface area contributed by atoms with Crippen LogP contribution in [0, 0.1) is 0 Å². The molecule has 2 aromatic rings. The number of nitrogens with one attached hydrogen (secondary N) is 1. The molecule has 1 aliphatic rings. The quantitative estimate of drug-likeness (QED) is 0.775. The Morgan fingerprint density at radius 1 is 1.12 bits per heavy atom. The second-order valence-electron chi connectivity index (χ2n) is 6.12. The summed E-state index contributed by atoms with van der Waals surface area (Å²) in [5, 5.41) is 11.3. The van der Waals surface area contributed by atoms with Crippen LogP contribution in [0.3, 0.4) is 0 Å². The standard InChI is InChI=1S/C19H20N2O4/c1-11(17(20)18(22)23)21-19(24)25-10-16-14-8-4-2-6-12(14)13-7-3-5-9-15(13)16/h2-9,11,16-17H,10,20H2,1H3,(H,21,24)(H,22,23). The predicted octanol–water partition coefficient (Wildman–Crippen LogP) is 2.33. The highest BCUT2D eigenvalue weighted by atomic mass is 16.5. The smallest absolute Gasteiger partial charge is 0.407 e. The van der Waals surface area contributed by atoms with Crippen LogP contribution in [0.1, 0.15) is 24.0 Å². The number of carbonyl (C=O) groups is 2. The number of fused-ring (bicyclic) bond motifs is 3. The molecule has 0 saturated carbocycles. The van der Waals surface area contributed by atoms with Crippen molar-refractivity contribution in [3.05, 3.63) is 59.7 Å². The van der Waals surface area contributed by atoms with Crippen LogP contribution in [-0.4, -0.2) is 35.9 Å². The molecule has 0 spiro atoms. The Kier molecular flexibility index (Phi) is 4.72. The number of amides is 1. The van der Waals surface area contributed by atoms with E-state index in [1.165, 1.54) is 6.92 Å². The Morgan fingerprint density at radius 2 is 1.64 bits per heavy atom. The molecule has 2 atom stereocenters. The van der Waals surface area contributed by atoms with Crippen molar-refractivity contribution in [2.45, 2.75) is 24.9 Å². The number of nitrogens with two attached hydrogens (primary N) is 1. The Hall–Kier alpha value is -2.86. The van der Waals surface area contributed by atoms with E-state index >= 15 is 0 Å². The van der Waals surface area contributed by atoms with E-state index < -0.39 is 24.1 Å². The molecular weight excluding hydrogens is 320 g/mol. The van der Waals surface area contributed by atoms with Crippen molar-refractivity contribution in [3.63, 3.8) is 0 Å². The lowest BCUT2D eigenvalue weighted by Crippen LogP contribution is -2.50. The van der Waals surface area contributed by atoms with Gasteiger partial charge in [-0.3, -0.25) is 4.79 Å². The van der Waals surface area contributed by atoms with E-state index in [0.717, 1.165) is 22.3 Å². The fraction of sp³-hybridized carbons (Fsp3) is 0.263. The predicted molar refractivity (Wildman–Crippen MR) is 93.3 cm³/mol. The first-order chi connectivity index (χ1) is 12.0. The van der Waals surface area contributed by atoms with Gasteiger partial charge in [-0.05, 0) is 29.2 Å². The fourth-order valence-electron chi connectivity index (χ4n) is 3.13. The number of carboxylic acids is 1. The molecule has 0 aromatic heterocycles. The minimum absolute atomic E-state index is 0.0402. The van der Waals surface area contributed by atoms with Crippen molar-refractivity contribution in [1.29, 1.82) is 0 Å². The summed E-state index contributed by atoms with van der Waals surface area (Å²) >= 11 is 0. The summed E-state index contributed by atoms with van der Waals surface area (Å²) in [5.74, 6) is -1.21. The molecule has 3 rings (SSSR count). The maximum atomic E-state index is 12.0. The zero-order valence-electron chi connectivity index (χ0n) is 13.8. The summed E-state index contributed by atoms with van der Waals surface area (Å²) in [7, 11) is 0. The molecule has 0 heterocycles. The number of alkyl carbamates (subject to hydrolysis) is 1. The van der Waals surface area contributed by atoms with Crippen LogP contribution in [0.2, 0.25) is 0 Å². The molecule has 6 nitrogen and oxygen atoms in total. The van der Waals surface area contributed by atoms with Crippen LogP contribution >= 0.6 is 0 Å². The second kappa shape index (κ2) is 6.94. The van der Waals surface area contributed by atoms with Gasteiger partial charge in [-0.25, -0.2) is 4.79 Å². The van der Waals surface area contributed by atoms with Gasteiger partial charge >= 0.3 is 12.1 Å². The third-order valence-electron chi connectivity index (χ3n) is 4.51. The lowest BCUT2D eigenvalue weighted by atomic mass is 9.98. The highest BCUT2D eigenvalue weighted by Crippen LogP contribution is 2.44. The minimum Gasteiger partial charge on any atom is -0.480 e. The zero-order chi connectivity index (χ0) is 18.0. The average Bonchev–Trinajstić information content (AvgIpc) is 2.93. The Morgan fingerprint density at radius 3 is 2.16 bits per heavy atom. The van der Waals surface area contributed by atoms with Gasteiger partial charge in [-0.2, -0.15) is 0 Å². The summed E-state index contributed by atoms with van der Waals surface area (Å²) in [6.07, 6.45) is -0.675. The molecule has 1 amide bonds. The number of carbonyl (C=O) groups excluding carboxylic acids is 1. The summed E-state index contributed by atoms with van der Waals surface area (Å²) in [6, 6.07) is 14.2. The van der Waals surface area contributed by atoms with Crippen molar-refractivity contribution < 1.29 is 19.4 Å². The molecular formula is C19H20N2O4. The number of aliphatic carboxylic acids is 1. The normalized spacial score (nSPS) is 15.0. The van der Waals surface area contributed by atoms with Crippen molar-refractivity contribution in [2.75, 3.05) is 6.61 Å². The largest absolute Gasteiger partial charge is 0.480 e. The second-order valence-corrected chi connectivity index (χ2v) is 6.12. The lowest BCUT2D eigenvalue weighted by molar-refractivity contribution is -0.139. The maximum Gasteiger partial charge on any atom is 0.407 e. The summed E-state index contributed by atoms with van der Waals surface area (Å²) in [5.41, 5.74) is 10.0. The molecule has 25 heavy (non-hydrogen) atoms. The Labute approximate surface area is 145 Å². The van der Waals surface area contributed by atoms with E-state index in [1.807, 2.05) is 36.4 Å². The first-order valence-electron chi connectivity index (χ1n) is 8.09. The molecule has 2 aromatic carbocycles. The Balaban J connectivity index is 1.69. The van der Waals surface area contributed by atoms with Gasteiger partial charge < -0.3 is 20.9 Å². The first-order valence-corrected chi connectivity index (χ1v) is 8.09. The van der Waals surface area contributed by atoms with E-state index in [-0.39, 0.29) is 12.5 Å². The third-order valence-corrected chi connectivity index (χ3v) is 4.51. The summed E-state index contributed by atoms with van der Waals surface area (Å²) in [6.45, 7) is 1.70. The van der Waals surface area contributed by atoms with E-state index in [1.54, 1.807) is 0 Å². The topological polar surface area (TPSA) is 102 Å². The number of hydrogen-bond acceptors (Lipinski definition) is 4. The number of carboxylic acid groups (broad SMARTS) is 1. The van der Waals surface area contributed by atoms with E-state index in [2.05, 4.69) is 17.4 Å². The van der Waals surface area contributed by atoms with E-state index in [4.69, 9.17) is 15.6 Å².